The fourth-order valence-electron chi connectivity index (χ4n) is 2.01. The van der Waals surface area contributed by atoms with Crippen molar-refractivity contribution in [1.29, 1.82) is 0 Å². The van der Waals surface area contributed by atoms with Crippen LogP contribution in [0.1, 0.15) is 19.3 Å². The molecule has 1 amide bonds. The molecule has 2 aliphatic rings. The summed E-state index contributed by atoms with van der Waals surface area (Å²) in [6, 6.07) is 0.0360. The van der Waals surface area contributed by atoms with Gasteiger partial charge in [-0.3, -0.25) is 4.79 Å². The highest BCUT2D eigenvalue weighted by molar-refractivity contribution is 5.79. The Bertz CT molecular complexity index is 202. The first-order valence-corrected chi connectivity index (χ1v) is 4.90. The van der Waals surface area contributed by atoms with Crippen LogP contribution in [0.4, 0.5) is 0 Å². The predicted octanol–water partition coefficient (Wildman–Crippen LogP) is -0.275. The molecule has 2 saturated heterocycles. The van der Waals surface area contributed by atoms with Crippen LogP contribution in [-0.4, -0.2) is 42.6 Å². The molecular formula is C9H16N2O2. The van der Waals surface area contributed by atoms with Crippen molar-refractivity contribution in [3.05, 3.63) is 0 Å². The van der Waals surface area contributed by atoms with Crippen LogP contribution in [0.5, 0.6) is 0 Å². The second-order valence-corrected chi connectivity index (χ2v) is 3.90. The minimum Gasteiger partial charge on any atom is -0.376 e. The summed E-state index contributed by atoms with van der Waals surface area (Å²) in [4.78, 5) is 13.2. The first kappa shape index (κ1) is 8.97. The van der Waals surface area contributed by atoms with Gasteiger partial charge in [0, 0.05) is 32.2 Å². The fraction of sp³-hybridized carbons (Fsp3) is 0.889. The summed E-state index contributed by atoms with van der Waals surface area (Å²) >= 11 is 0. The molecule has 4 heteroatoms. The zero-order valence-electron chi connectivity index (χ0n) is 7.74. The zero-order chi connectivity index (χ0) is 9.26. The van der Waals surface area contributed by atoms with E-state index in [9.17, 15) is 4.79 Å². The summed E-state index contributed by atoms with van der Waals surface area (Å²) < 4.78 is 5.46. The number of carbonyl (C=O) groups excluding carboxylic acids is 1. The monoisotopic (exact) mass is 184 g/mol. The van der Waals surface area contributed by atoms with Gasteiger partial charge in [-0.25, -0.2) is 0 Å². The van der Waals surface area contributed by atoms with E-state index in [0.717, 1.165) is 26.0 Å². The molecule has 0 unspecified atom stereocenters. The highest BCUT2D eigenvalue weighted by atomic mass is 16.5. The lowest BCUT2D eigenvalue weighted by Gasteiger charge is -2.19. The largest absolute Gasteiger partial charge is 0.376 e. The number of likely N-dealkylation sites (tertiary alicyclic amines) is 1. The van der Waals surface area contributed by atoms with Crippen LogP contribution < -0.4 is 5.73 Å². The Hall–Kier alpha value is -0.610. The van der Waals surface area contributed by atoms with Crippen molar-refractivity contribution in [2.75, 3.05) is 19.7 Å². The Morgan fingerprint density at radius 3 is 3.00 bits per heavy atom. The maximum Gasteiger partial charge on any atom is 0.224 e. The molecular weight excluding hydrogens is 168 g/mol. The molecule has 2 rings (SSSR count). The van der Waals surface area contributed by atoms with Gasteiger partial charge in [0.15, 0.2) is 0 Å². The molecule has 74 valence electrons. The van der Waals surface area contributed by atoms with Gasteiger partial charge >= 0.3 is 0 Å². The third-order valence-corrected chi connectivity index (χ3v) is 2.69. The molecule has 2 atom stereocenters. The molecule has 0 aromatic heterocycles. The first-order chi connectivity index (χ1) is 6.25. The second-order valence-electron chi connectivity index (χ2n) is 3.90. The number of ether oxygens (including phenoxy) is 1. The van der Waals surface area contributed by atoms with Crippen molar-refractivity contribution in [3.63, 3.8) is 0 Å². The molecule has 13 heavy (non-hydrogen) atoms. The number of carbonyl (C=O) groups is 1. The van der Waals surface area contributed by atoms with Gasteiger partial charge in [0.2, 0.25) is 5.91 Å². The topological polar surface area (TPSA) is 55.6 Å². The highest BCUT2D eigenvalue weighted by Crippen LogP contribution is 2.16. The minimum atomic E-state index is 0.0360. The molecule has 2 heterocycles. The van der Waals surface area contributed by atoms with Crippen LogP contribution in [0.25, 0.3) is 0 Å². The normalized spacial score (nSPS) is 34.5. The van der Waals surface area contributed by atoms with E-state index < -0.39 is 0 Å². The van der Waals surface area contributed by atoms with E-state index in [1.54, 1.807) is 0 Å². The van der Waals surface area contributed by atoms with Gasteiger partial charge in [-0.05, 0) is 12.8 Å². The van der Waals surface area contributed by atoms with Gasteiger partial charge in [0.05, 0.1) is 6.10 Å². The van der Waals surface area contributed by atoms with Gasteiger partial charge in [-0.1, -0.05) is 0 Å². The van der Waals surface area contributed by atoms with Crippen LogP contribution in [0.15, 0.2) is 0 Å². The van der Waals surface area contributed by atoms with Crippen molar-refractivity contribution < 1.29 is 9.53 Å². The number of hydrogen-bond donors (Lipinski definition) is 1. The lowest BCUT2D eigenvalue weighted by Crippen LogP contribution is -2.34. The SMILES string of the molecule is N[C@H]1CC(=O)N(C[C@@H]2CCCO2)C1. The minimum absolute atomic E-state index is 0.0360. The summed E-state index contributed by atoms with van der Waals surface area (Å²) in [5, 5.41) is 0. The number of rotatable bonds is 2. The third kappa shape index (κ3) is 2.00. The van der Waals surface area contributed by atoms with Gasteiger partial charge in [0.1, 0.15) is 0 Å². The molecule has 0 aromatic rings. The van der Waals surface area contributed by atoms with E-state index in [0.29, 0.717) is 13.0 Å². The van der Waals surface area contributed by atoms with E-state index in [4.69, 9.17) is 10.5 Å². The Morgan fingerprint density at radius 2 is 2.46 bits per heavy atom. The van der Waals surface area contributed by atoms with E-state index in [2.05, 4.69) is 0 Å². The van der Waals surface area contributed by atoms with Crippen LogP contribution in [0.3, 0.4) is 0 Å². The fourth-order valence-corrected chi connectivity index (χ4v) is 2.01. The Labute approximate surface area is 78.0 Å². The standard InChI is InChI=1S/C9H16N2O2/c10-7-4-9(12)11(5-7)6-8-2-1-3-13-8/h7-8H,1-6,10H2/t7-,8-/m0/s1. The molecule has 0 radical (unpaired) electrons. The van der Waals surface area contributed by atoms with Gasteiger partial charge in [-0.2, -0.15) is 0 Å². The highest BCUT2D eigenvalue weighted by Gasteiger charge is 2.29. The molecule has 2 N–H and O–H groups in total. The maximum absolute atomic E-state index is 11.4. The van der Waals surface area contributed by atoms with Crippen molar-refractivity contribution in [2.24, 2.45) is 5.73 Å². The summed E-state index contributed by atoms with van der Waals surface area (Å²) in [6.07, 6.45) is 2.97. The molecule has 0 saturated carbocycles. The summed E-state index contributed by atoms with van der Waals surface area (Å²) in [7, 11) is 0. The van der Waals surface area contributed by atoms with Crippen molar-refractivity contribution in [2.45, 2.75) is 31.4 Å². The molecule has 4 nitrogen and oxygen atoms in total. The van der Waals surface area contributed by atoms with Gasteiger partial charge in [0.25, 0.3) is 0 Å². The van der Waals surface area contributed by atoms with E-state index >= 15 is 0 Å². The molecule has 0 bridgehead atoms. The number of hydrogen-bond acceptors (Lipinski definition) is 3. The van der Waals surface area contributed by atoms with Gasteiger partial charge < -0.3 is 15.4 Å². The summed E-state index contributed by atoms with van der Waals surface area (Å²) in [5.74, 6) is 0.183. The summed E-state index contributed by atoms with van der Waals surface area (Å²) in [5.41, 5.74) is 5.69. The van der Waals surface area contributed by atoms with Crippen LogP contribution >= 0.6 is 0 Å². The molecule has 0 spiro atoms. The van der Waals surface area contributed by atoms with E-state index in [-0.39, 0.29) is 18.1 Å². The quantitative estimate of drug-likeness (QED) is 0.642. The predicted molar refractivity (Wildman–Crippen MR) is 48.1 cm³/mol. The molecule has 0 aromatic carbocycles. The average molecular weight is 184 g/mol. The van der Waals surface area contributed by atoms with Crippen LogP contribution in [0.2, 0.25) is 0 Å². The van der Waals surface area contributed by atoms with Crippen LogP contribution in [0, 0.1) is 0 Å². The smallest absolute Gasteiger partial charge is 0.224 e. The maximum atomic E-state index is 11.4. The second kappa shape index (κ2) is 3.64. The summed E-state index contributed by atoms with van der Waals surface area (Å²) in [6.45, 7) is 2.30. The van der Waals surface area contributed by atoms with Crippen LogP contribution in [-0.2, 0) is 9.53 Å². The lowest BCUT2D eigenvalue weighted by molar-refractivity contribution is -0.129. The zero-order valence-corrected chi connectivity index (χ0v) is 7.74. The van der Waals surface area contributed by atoms with E-state index in [1.807, 2.05) is 4.90 Å². The Kier molecular flexibility index (Phi) is 2.51. The van der Waals surface area contributed by atoms with E-state index in [1.165, 1.54) is 0 Å². The average Bonchev–Trinajstić information content (AvgIpc) is 2.63. The number of nitrogens with zero attached hydrogens (tertiary/aromatic N) is 1. The Morgan fingerprint density at radius 1 is 1.62 bits per heavy atom. The molecule has 2 aliphatic heterocycles. The van der Waals surface area contributed by atoms with Crippen molar-refractivity contribution in [1.82, 2.24) is 4.90 Å². The number of nitrogens with two attached hydrogens (primary N) is 1. The Balaban J connectivity index is 1.83. The van der Waals surface area contributed by atoms with Gasteiger partial charge in [-0.15, -0.1) is 0 Å². The first-order valence-electron chi connectivity index (χ1n) is 4.90. The third-order valence-electron chi connectivity index (χ3n) is 2.69. The molecule has 0 aliphatic carbocycles. The van der Waals surface area contributed by atoms with Crippen molar-refractivity contribution >= 4 is 5.91 Å². The molecule has 2 fully saturated rings. The number of amides is 1. The lowest BCUT2D eigenvalue weighted by atomic mass is 10.2. The van der Waals surface area contributed by atoms with Crippen molar-refractivity contribution in [3.8, 4) is 0 Å².